The summed E-state index contributed by atoms with van der Waals surface area (Å²) >= 11 is 0. The van der Waals surface area contributed by atoms with Crippen LogP contribution in [-0.4, -0.2) is 63.6 Å². The molecular formula is C22H23N5O3. The molecule has 30 heavy (non-hydrogen) atoms. The van der Waals surface area contributed by atoms with E-state index in [0.717, 1.165) is 40.9 Å². The number of benzene rings is 2. The maximum atomic E-state index is 10.6. The second-order valence-corrected chi connectivity index (χ2v) is 7.31. The van der Waals surface area contributed by atoms with E-state index in [1.807, 2.05) is 47.0 Å². The topological polar surface area (TPSA) is 85.5 Å². The van der Waals surface area contributed by atoms with Crippen molar-refractivity contribution in [3.8, 4) is 5.75 Å². The third-order valence-electron chi connectivity index (χ3n) is 5.28. The Balaban J connectivity index is 1.30. The molecule has 2 aromatic carbocycles. The van der Waals surface area contributed by atoms with Gasteiger partial charge in [0.15, 0.2) is 17.0 Å². The first-order valence-electron chi connectivity index (χ1n) is 10.1. The monoisotopic (exact) mass is 405 g/mol. The average Bonchev–Trinajstić information content (AvgIpc) is 3.21. The van der Waals surface area contributed by atoms with Crippen molar-refractivity contribution in [1.82, 2.24) is 19.5 Å². The maximum absolute atomic E-state index is 10.6. The lowest BCUT2D eigenvalue weighted by molar-refractivity contribution is 0.0940. The van der Waals surface area contributed by atoms with Gasteiger partial charge in [0.05, 0.1) is 26.1 Å². The molecule has 4 aromatic rings. The summed E-state index contributed by atoms with van der Waals surface area (Å²) in [5, 5.41) is 12.7. The highest BCUT2D eigenvalue weighted by atomic mass is 16.5. The summed E-state index contributed by atoms with van der Waals surface area (Å²) in [6, 6.07) is 14.0. The minimum Gasteiger partial charge on any atom is -0.490 e. The van der Waals surface area contributed by atoms with E-state index in [4.69, 9.17) is 9.47 Å². The highest BCUT2D eigenvalue weighted by Crippen LogP contribution is 2.26. The molecule has 1 aliphatic heterocycles. The van der Waals surface area contributed by atoms with Crippen molar-refractivity contribution in [2.24, 2.45) is 0 Å². The Hall–Kier alpha value is -3.23. The molecule has 1 N–H and O–H groups in total. The Labute approximate surface area is 173 Å². The van der Waals surface area contributed by atoms with Crippen LogP contribution in [0.5, 0.6) is 5.75 Å². The van der Waals surface area contributed by atoms with Gasteiger partial charge in [0.1, 0.15) is 24.8 Å². The van der Waals surface area contributed by atoms with E-state index in [9.17, 15) is 5.11 Å². The largest absolute Gasteiger partial charge is 0.490 e. The summed E-state index contributed by atoms with van der Waals surface area (Å²) < 4.78 is 13.2. The molecule has 0 aliphatic carbocycles. The highest BCUT2D eigenvalue weighted by Gasteiger charge is 2.19. The van der Waals surface area contributed by atoms with E-state index in [0.29, 0.717) is 25.4 Å². The molecule has 154 valence electrons. The summed E-state index contributed by atoms with van der Waals surface area (Å²) in [5.41, 5.74) is 1.44. The minimum atomic E-state index is -0.705. The number of anilines is 1. The molecule has 1 saturated heterocycles. The predicted octanol–water partition coefficient (Wildman–Crippen LogP) is 2.26. The van der Waals surface area contributed by atoms with E-state index in [-0.39, 0.29) is 6.61 Å². The Bertz CT molecular complexity index is 1150. The number of imidazole rings is 1. The summed E-state index contributed by atoms with van der Waals surface area (Å²) in [4.78, 5) is 15.5. The minimum absolute atomic E-state index is 0.176. The van der Waals surface area contributed by atoms with Gasteiger partial charge < -0.3 is 24.0 Å². The Morgan fingerprint density at radius 2 is 1.87 bits per heavy atom. The van der Waals surface area contributed by atoms with Crippen LogP contribution in [-0.2, 0) is 11.3 Å². The van der Waals surface area contributed by atoms with E-state index < -0.39 is 6.10 Å². The van der Waals surface area contributed by atoms with Crippen molar-refractivity contribution in [2.75, 3.05) is 37.8 Å². The molecule has 2 aromatic heterocycles. The normalized spacial score (nSPS) is 15.6. The molecule has 8 heteroatoms. The van der Waals surface area contributed by atoms with Gasteiger partial charge in [-0.05, 0) is 11.5 Å². The standard InChI is InChI=1S/C22H23N5O3/c28-17(13-30-19-7-3-5-16-4-1-2-6-18(16)19)12-27-15-25-20-21(23-14-24-22(20)27)26-8-10-29-11-9-26/h1-7,14-15,17,28H,8-13H2. The Kier molecular flexibility index (Phi) is 5.17. The fourth-order valence-corrected chi connectivity index (χ4v) is 3.80. The summed E-state index contributed by atoms with van der Waals surface area (Å²) in [6.07, 6.45) is 2.54. The number of nitrogens with zero attached hydrogens (tertiary/aromatic N) is 5. The second kappa shape index (κ2) is 8.25. The quantitative estimate of drug-likeness (QED) is 0.527. The van der Waals surface area contributed by atoms with Crippen LogP contribution in [0.1, 0.15) is 0 Å². The number of aliphatic hydroxyl groups excluding tert-OH is 1. The molecule has 1 aliphatic rings. The number of hydrogen-bond donors (Lipinski definition) is 1. The molecule has 1 fully saturated rings. The third kappa shape index (κ3) is 3.67. The summed E-state index contributed by atoms with van der Waals surface area (Å²) in [5.74, 6) is 1.57. The molecule has 3 heterocycles. The van der Waals surface area contributed by atoms with Crippen LogP contribution in [0, 0.1) is 0 Å². The molecule has 1 atom stereocenters. The van der Waals surface area contributed by atoms with Crippen LogP contribution in [0.4, 0.5) is 5.82 Å². The lowest BCUT2D eigenvalue weighted by Gasteiger charge is -2.27. The van der Waals surface area contributed by atoms with Gasteiger partial charge in [-0.1, -0.05) is 36.4 Å². The number of ether oxygens (including phenoxy) is 2. The number of aromatic nitrogens is 4. The number of rotatable bonds is 6. The van der Waals surface area contributed by atoms with Crippen molar-refractivity contribution in [3.05, 3.63) is 55.1 Å². The SMILES string of the molecule is OC(COc1cccc2ccccc12)Cn1cnc2c(N3CCOCC3)ncnc21. The van der Waals surface area contributed by atoms with Gasteiger partial charge in [0.25, 0.3) is 0 Å². The van der Waals surface area contributed by atoms with Crippen molar-refractivity contribution >= 4 is 27.8 Å². The van der Waals surface area contributed by atoms with Crippen molar-refractivity contribution in [2.45, 2.75) is 12.6 Å². The fourth-order valence-electron chi connectivity index (χ4n) is 3.80. The number of aliphatic hydroxyl groups is 1. The summed E-state index contributed by atoms with van der Waals surface area (Å²) in [7, 11) is 0. The van der Waals surface area contributed by atoms with Gasteiger partial charge in [-0.3, -0.25) is 0 Å². The molecule has 0 bridgehead atoms. The molecule has 5 rings (SSSR count). The van der Waals surface area contributed by atoms with Crippen LogP contribution in [0.15, 0.2) is 55.1 Å². The number of morpholine rings is 1. The van der Waals surface area contributed by atoms with Crippen LogP contribution in [0.3, 0.4) is 0 Å². The molecule has 0 saturated carbocycles. The first-order chi connectivity index (χ1) is 14.8. The molecule has 0 spiro atoms. The molecule has 1 unspecified atom stereocenters. The zero-order chi connectivity index (χ0) is 20.3. The van der Waals surface area contributed by atoms with E-state index in [2.05, 4.69) is 19.9 Å². The third-order valence-corrected chi connectivity index (χ3v) is 5.28. The average molecular weight is 405 g/mol. The zero-order valence-corrected chi connectivity index (χ0v) is 16.5. The molecule has 0 amide bonds. The van der Waals surface area contributed by atoms with Gasteiger partial charge in [0, 0.05) is 18.5 Å². The lowest BCUT2D eigenvalue weighted by atomic mass is 10.1. The molecule has 0 radical (unpaired) electrons. The zero-order valence-electron chi connectivity index (χ0n) is 16.5. The van der Waals surface area contributed by atoms with E-state index >= 15 is 0 Å². The van der Waals surface area contributed by atoms with Gasteiger partial charge in [0.2, 0.25) is 0 Å². The predicted molar refractivity (Wildman–Crippen MR) is 114 cm³/mol. The van der Waals surface area contributed by atoms with Crippen LogP contribution >= 0.6 is 0 Å². The van der Waals surface area contributed by atoms with Gasteiger partial charge in [-0.15, -0.1) is 0 Å². The van der Waals surface area contributed by atoms with Crippen molar-refractivity contribution in [3.63, 3.8) is 0 Å². The van der Waals surface area contributed by atoms with E-state index in [1.165, 1.54) is 0 Å². The fraction of sp³-hybridized carbons (Fsp3) is 0.318. The van der Waals surface area contributed by atoms with Gasteiger partial charge in [-0.2, -0.15) is 0 Å². The summed E-state index contributed by atoms with van der Waals surface area (Å²) in [6.45, 7) is 3.42. The first kappa shape index (κ1) is 18.8. The Morgan fingerprint density at radius 3 is 2.77 bits per heavy atom. The number of fused-ring (bicyclic) bond motifs is 2. The van der Waals surface area contributed by atoms with Gasteiger partial charge >= 0.3 is 0 Å². The maximum Gasteiger partial charge on any atom is 0.165 e. The smallest absolute Gasteiger partial charge is 0.165 e. The molecular weight excluding hydrogens is 382 g/mol. The lowest BCUT2D eigenvalue weighted by Crippen LogP contribution is -2.37. The van der Waals surface area contributed by atoms with Crippen molar-refractivity contribution < 1.29 is 14.6 Å². The van der Waals surface area contributed by atoms with Crippen LogP contribution < -0.4 is 9.64 Å². The van der Waals surface area contributed by atoms with Crippen LogP contribution in [0.25, 0.3) is 21.9 Å². The second-order valence-electron chi connectivity index (χ2n) is 7.31. The van der Waals surface area contributed by atoms with E-state index in [1.54, 1.807) is 12.7 Å². The van der Waals surface area contributed by atoms with Crippen molar-refractivity contribution in [1.29, 1.82) is 0 Å². The Morgan fingerprint density at radius 1 is 1.03 bits per heavy atom. The van der Waals surface area contributed by atoms with Crippen LogP contribution in [0.2, 0.25) is 0 Å². The van der Waals surface area contributed by atoms with Gasteiger partial charge in [-0.25, -0.2) is 15.0 Å². The molecule has 8 nitrogen and oxygen atoms in total. The highest BCUT2D eigenvalue weighted by molar-refractivity contribution is 5.88. The first-order valence-corrected chi connectivity index (χ1v) is 10.1. The number of hydrogen-bond acceptors (Lipinski definition) is 7.